The molecule has 0 aliphatic carbocycles. The first kappa shape index (κ1) is 18.9. The number of hydrogen-bond acceptors (Lipinski definition) is 4. The van der Waals surface area contributed by atoms with Crippen molar-refractivity contribution in [2.45, 2.75) is 45.6 Å². The fourth-order valence-electron chi connectivity index (χ4n) is 2.76. The Labute approximate surface area is 146 Å². The monoisotopic (exact) mass is 348 g/mol. The summed E-state index contributed by atoms with van der Waals surface area (Å²) in [5.41, 5.74) is 0.599. The van der Waals surface area contributed by atoms with Crippen molar-refractivity contribution < 1.29 is 24.2 Å². The minimum Gasteiger partial charge on any atom is -0.481 e. The molecule has 1 heterocycles. The lowest BCUT2D eigenvalue weighted by Gasteiger charge is -2.21. The second kappa shape index (κ2) is 8.11. The summed E-state index contributed by atoms with van der Waals surface area (Å²) < 4.78 is 5.33. The van der Waals surface area contributed by atoms with Crippen molar-refractivity contribution in [2.75, 3.05) is 17.2 Å². The molecule has 2 amide bonds. The van der Waals surface area contributed by atoms with Crippen LogP contribution in [0.25, 0.3) is 0 Å². The van der Waals surface area contributed by atoms with E-state index in [1.54, 1.807) is 38.1 Å². The van der Waals surface area contributed by atoms with Crippen LogP contribution in [0, 0.1) is 5.41 Å². The van der Waals surface area contributed by atoms with E-state index in [1.165, 1.54) is 0 Å². The number of aliphatic carboxylic acids is 1. The molecule has 3 N–H and O–H groups in total. The molecule has 0 radical (unpaired) electrons. The van der Waals surface area contributed by atoms with E-state index in [0.717, 1.165) is 12.8 Å². The number of rotatable bonds is 7. The van der Waals surface area contributed by atoms with Gasteiger partial charge in [0, 0.05) is 24.4 Å². The Bertz CT molecular complexity index is 633. The summed E-state index contributed by atoms with van der Waals surface area (Å²) >= 11 is 0. The number of amides is 2. The van der Waals surface area contributed by atoms with Gasteiger partial charge in [0.25, 0.3) is 5.91 Å². The van der Waals surface area contributed by atoms with Crippen molar-refractivity contribution in [1.82, 2.24) is 0 Å². The van der Waals surface area contributed by atoms with Crippen LogP contribution in [0.3, 0.4) is 0 Å². The van der Waals surface area contributed by atoms with E-state index in [1.807, 2.05) is 0 Å². The number of carbonyl (C=O) groups is 3. The van der Waals surface area contributed by atoms with Crippen LogP contribution in [0.1, 0.15) is 39.5 Å². The molecule has 136 valence electrons. The van der Waals surface area contributed by atoms with Crippen LogP contribution in [-0.4, -0.2) is 35.6 Å². The Morgan fingerprint density at radius 2 is 1.72 bits per heavy atom. The van der Waals surface area contributed by atoms with Gasteiger partial charge in [0.2, 0.25) is 5.91 Å². The van der Waals surface area contributed by atoms with E-state index in [-0.39, 0.29) is 24.7 Å². The summed E-state index contributed by atoms with van der Waals surface area (Å²) in [6.45, 7) is 4.09. The number of hydrogen-bond donors (Lipinski definition) is 3. The third-order valence-electron chi connectivity index (χ3n) is 3.93. The maximum absolute atomic E-state index is 12.1. The molecule has 1 saturated heterocycles. The highest BCUT2D eigenvalue weighted by atomic mass is 16.5. The number of anilines is 2. The van der Waals surface area contributed by atoms with Crippen molar-refractivity contribution in [1.29, 1.82) is 0 Å². The van der Waals surface area contributed by atoms with E-state index < -0.39 is 17.5 Å². The first-order valence-corrected chi connectivity index (χ1v) is 8.29. The lowest BCUT2D eigenvalue weighted by Crippen LogP contribution is -2.26. The molecule has 0 aromatic heterocycles. The molecule has 1 unspecified atom stereocenters. The summed E-state index contributed by atoms with van der Waals surface area (Å²) in [4.78, 5) is 34.8. The summed E-state index contributed by atoms with van der Waals surface area (Å²) in [5, 5.41) is 14.4. The number of carboxylic acid groups (broad SMARTS) is 1. The zero-order chi connectivity index (χ0) is 18.4. The lowest BCUT2D eigenvalue weighted by molar-refractivity contribution is -0.139. The number of carboxylic acids is 1. The molecule has 25 heavy (non-hydrogen) atoms. The van der Waals surface area contributed by atoms with Gasteiger partial charge in [0.1, 0.15) is 6.10 Å². The SMILES string of the molecule is CC(C)(CC(=O)O)CC(=O)Nc1ccc(NC(=O)C2CCCO2)cc1. The van der Waals surface area contributed by atoms with Crippen molar-refractivity contribution >= 4 is 29.2 Å². The number of carbonyl (C=O) groups excluding carboxylic acids is 2. The smallest absolute Gasteiger partial charge is 0.303 e. The third kappa shape index (κ3) is 6.19. The van der Waals surface area contributed by atoms with Gasteiger partial charge in [0.05, 0.1) is 6.42 Å². The summed E-state index contributed by atoms with van der Waals surface area (Å²) in [6, 6.07) is 6.77. The fourth-order valence-corrected chi connectivity index (χ4v) is 2.76. The average molecular weight is 348 g/mol. The van der Waals surface area contributed by atoms with Gasteiger partial charge >= 0.3 is 5.97 Å². The highest BCUT2D eigenvalue weighted by molar-refractivity contribution is 5.95. The van der Waals surface area contributed by atoms with Crippen molar-refractivity contribution in [2.24, 2.45) is 5.41 Å². The fraction of sp³-hybridized carbons (Fsp3) is 0.500. The predicted molar refractivity (Wildman–Crippen MR) is 93.3 cm³/mol. The molecular formula is C18H24N2O5. The second-order valence-corrected chi connectivity index (χ2v) is 7.03. The Morgan fingerprint density at radius 3 is 2.24 bits per heavy atom. The van der Waals surface area contributed by atoms with E-state index in [0.29, 0.717) is 18.0 Å². The maximum atomic E-state index is 12.1. The van der Waals surface area contributed by atoms with E-state index in [4.69, 9.17) is 9.84 Å². The van der Waals surface area contributed by atoms with Crippen LogP contribution in [0.2, 0.25) is 0 Å². The highest BCUT2D eigenvalue weighted by Crippen LogP contribution is 2.26. The molecule has 1 aliphatic rings. The standard InChI is InChI=1S/C18H24N2O5/c1-18(2,11-16(22)23)10-15(21)19-12-5-7-13(8-6-12)20-17(24)14-4-3-9-25-14/h5-8,14H,3-4,9-11H2,1-2H3,(H,19,21)(H,20,24)(H,22,23). The molecule has 2 rings (SSSR count). The van der Waals surface area contributed by atoms with Crippen LogP contribution in [0.5, 0.6) is 0 Å². The molecule has 1 aliphatic heterocycles. The van der Waals surface area contributed by atoms with Gasteiger partial charge in [-0.3, -0.25) is 14.4 Å². The van der Waals surface area contributed by atoms with Crippen LogP contribution in [-0.2, 0) is 19.1 Å². The Morgan fingerprint density at radius 1 is 1.12 bits per heavy atom. The van der Waals surface area contributed by atoms with Gasteiger partial charge < -0.3 is 20.5 Å². The number of benzene rings is 1. The molecule has 1 aromatic carbocycles. The van der Waals surface area contributed by atoms with Gasteiger partial charge in [-0.2, -0.15) is 0 Å². The van der Waals surface area contributed by atoms with Crippen LogP contribution >= 0.6 is 0 Å². The minimum atomic E-state index is -0.927. The van der Waals surface area contributed by atoms with Gasteiger partial charge in [0.15, 0.2) is 0 Å². The Kier molecular flexibility index (Phi) is 6.14. The Balaban J connectivity index is 1.86. The van der Waals surface area contributed by atoms with Crippen molar-refractivity contribution in [3.63, 3.8) is 0 Å². The maximum Gasteiger partial charge on any atom is 0.303 e. The normalized spacial score (nSPS) is 17.1. The van der Waals surface area contributed by atoms with Gasteiger partial charge in [-0.05, 0) is 42.5 Å². The summed E-state index contributed by atoms with van der Waals surface area (Å²) in [7, 11) is 0. The van der Waals surface area contributed by atoms with E-state index in [9.17, 15) is 14.4 Å². The third-order valence-corrected chi connectivity index (χ3v) is 3.93. The molecule has 0 bridgehead atoms. The van der Waals surface area contributed by atoms with Crippen LogP contribution in [0.15, 0.2) is 24.3 Å². The number of ether oxygens (including phenoxy) is 1. The number of nitrogens with one attached hydrogen (secondary N) is 2. The first-order chi connectivity index (χ1) is 11.7. The summed E-state index contributed by atoms with van der Waals surface area (Å²) in [5.74, 6) is -1.34. The van der Waals surface area contributed by atoms with Crippen LogP contribution < -0.4 is 10.6 Å². The lowest BCUT2D eigenvalue weighted by atomic mass is 9.85. The highest BCUT2D eigenvalue weighted by Gasteiger charge is 2.25. The molecule has 7 nitrogen and oxygen atoms in total. The molecule has 0 spiro atoms. The van der Waals surface area contributed by atoms with E-state index >= 15 is 0 Å². The minimum absolute atomic E-state index is 0.0748. The van der Waals surface area contributed by atoms with Gasteiger partial charge in [-0.25, -0.2) is 0 Å². The summed E-state index contributed by atoms with van der Waals surface area (Å²) in [6.07, 6.45) is 1.26. The average Bonchev–Trinajstić information content (AvgIpc) is 3.01. The molecule has 0 saturated carbocycles. The quantitative estimate of drug-likeness (QED) is 0.702. The molecule has 1 aromatic rings. The van der Waals surface area contributed by atoms with E-state index in [2.05, 4.69) is 10.6 Å². The predicted octanol–water partition coefficient (Wildman–Crippen LogP) is 2.63. The largest absolute Gasteiger partial charge is 0.481 e. The topological polar surface area (TPSA) is 105 Å². The zero-order valence-electron chi connectivity index (χ0n) is 14.5. The Hall–Kier alpha value is -2.41. The van der Waals surface area contributed by atoms with Gasteiger partial charge in [-0.15, -0.1) is 0 Å². The molecule has 7 heteroatoms. The first-order valence-electron chi connectivity index (χ1n) is 8.29. The molecule has 1 atom stereocenters. The molecular weight excluding hydrogens is 324 g/mol. The second-order valence-electron chi connectivity index (χ2n) is 7.03. The molecule has 1 fully saturated rings. The zero-order valence-corrected chi connectivity index (χ0v) is 14.5. The van der Waals surface area contributed by atoms with Gasteiger partial charge in [-0.1, -0.05) is 13.8 Å². The van der Waals surface area contributed by atoms with Crippen molar-refractivity contribution in [3.05, 3.63) is 24.3 Å². The van der Waals surface area contributed by atoms with Crippen LogP contribution in [0.4, 0.5) is 11.4 Å². The van der Waals surface area contributed by atoms with Crippen molar-refractivity contribution in [3.8, 4) is 0 Å².